The topological polar surface area (TPSA) is 95.9 Å². The van der Waals surface area contributed by atoms with E-state index in [9.17, 15) is 14.4 Å². The zero-order chi connectivity index (χ0) is 23.8. The van der Waals surface area contributed by atoms with Crippen LogP contribution < -0.4 is 10.1 Å². The Kier molecular flexibility index (Phi) is 8.62. The maximum atomic E-state index is 12.4. The summed E-state index contributed by atoms with van der Waals surface area (Å²) in [7, 11) is 1.61. The molecule has 2 amide bonds. The summed E-state index contributed by atoms with van der Waals surface area (Å²) < 4.78 is 5.16. The van der Waals surface area contributed by atoms with Gasteiger partial charge in [0.1, 0.15) is 10.7 Å². The number of carbonyl (C=O) groups excluding carboxylic acids is 2. The molecule has 1 aliphatic rings. The van der Waals surface area contributed by atoms with Crippen LogP contribution in [-0.2, 0) is 4.79 Å². The molecule has 0 aromatic heterocycles. The number of unbranched alkanes of at least 4 members (excludes halogenated alkanes) is 2. The molecule has 1 fully saturated rings. The van der Waals surface area contributed by atoms with E-state index in [-0.39, 0.29) is 16.7 Å². The Morgan fingerprint density at radius 1 is 1.15 bits per heavy atom. The number of benzene rings is 2. The van der Waals surface area contributed by atoms with Crippen LogP contribution in [0.1, 0.15) is 41.6 Å². The number of anilines is 1. The Hall–Kier alpha value is -3.17. The molecule has 172 valence electrons. The number of hydrogen-bond acceptors (Lipinski definition) is 6. The van der Waals surface area contributed by atoms with E-state index in [0.717, 1.165) is 40.8 Å². The summed E-state index contributed by atoms with van der Waals surface area (Å²) in [6.07, 6.45) is 4.35. The van der Waals surface area contributed by atoms with Crippen molar-refractivity contribution >= 4 is 57.8 Å². The minimum atomic E-state index is -1.04. The number of nitrogens with one attached hydrogen (secondary N) is 1. The third-order valence-corrected chi connectivity index (χ3v) is 6.46. The molecule has 0 aliphatic carbocycles. The molecular formula is C24H24N2O5S2. The van der Waals surface area contributed by atoms with Gasteiger partial charge in [0.25, 0.3) is 5.24 Å². The summed E-state index contributed by atoms with van der Waals surface area (Å²) in [6, 6.07) is 13.7. The molecule has 0 unspecified atom stereocenters. The van der Waals surface area contributed by atoms with Crippen LogP contribution in [0.25, 0.3) is 6.08 Å². The molecule has 1 aliphatic heterocycles. The Labute approximate surface area is 201 Å². The summed E-state index contributed by atoms with van der Waals surface area (Å²) in [6.45, 7) is 0.507. The van der Waals surface area contributed by atoms with Gasteiger partial charge in [0.05, 0.1) is 17.6 Å². The van der Waals surface area contributed by atoms with Gasteiger partial charge in [-0.2, -0.15) is 0 Å². The fourth-order valence-electron chi connectivity index (χ4n) is 3.23. The van der Waals surface area contributed by atoms with E-state index in [1.165, 1.54) is 12.1 Å². The van der Waals surface area contributed by atoms with Gasteiger partial charge in [-0.15, -0.1) is 0 Å². The summed E-state index contributed by atoms with van der Waals surface area (Å²) in [5, 5.41) is 11.6. The van der Waals surface area contributed by atoms with Gasteiger partial charge >= 0.3 is 5.97 Å². The van der Waals surface area contributed by atoms with Crippen LogP contribution in [0.4, 0.5) is 10.5 Å². The number of carboxylic acids is 1. The number of rotatable bonds is 10. The number of hydrogen-bond donors (Lipinski definition) is 2. The van der Waals surface area contributed by atoms with E-state index in [4.69, 9.17) is 22.1 Å². The Morgan fingerprint density at radius 3 is 2.61 bits per heavy atom. The molecule has 0 bridgehead atoms. The van der Waals surface area contributed by atoms with Crippen molar-refractivity contribution in [1.29, 1.82) is 0 Å². The van der Waals surface area contributed by atoms with Gasteiger partial charge in [0, 0.05) is 18.7 Å². The Bertz CT molecular complexity index is 1080. The molecule has 0 saturated carbocycles. The van der Waals surface area contributed by atoms with Gasteiger partial charge in [-0.25, -0.2) is 4.79 Å². The number of thioether (sulfide) groups is 1. The highest BCUT2D eigenvalue weighted by molar-refractivity contribution is 8.19. The number of amides is 2. The van der Waals surface area contributed by atoms with Crippen LogP contribution >= 0.6 is 24.0 Å². The molecule has 2 N–H and O–H groups in total. The number of aromatic carboxylic acids is 1. The molecule has 0 atom stereocenters. The average Bonchev–Trinajstić information content (AvgIpc) is 3.06. The summed E-state index contributed by atoms with van der Waals surface area (Å²) in [4.78, 5) is 38.4. The third-order valence-electron chi connectivity index (χ3n) is 4.97. The first-order valence-electron chi connectivity index (χ1n) is 10.4. The normalized spacial score (nSPS) is 14.6. The van der Waals surface area contributed by atoms with Crippen molar-refractivity contribution in [3.8, 4) is 5.75 Å². The van der Waals surface area contributed by atoms with Crippen LogP contribution in [-0.4, -0.2) is 45.8 Å². The minimum absolute atomic E-state index is 0.0872. The van der Waals surface area contributed by atoms with Crippen LogP contribution in [0.2, 0.25) is 0 Å². The van der Waals surface area contributed by atoms with E-state index in [0.29, 0.717) is 30.1 Å². The van der Waals surface area contributed by atoms with E-state index in [2.05, 4.69) is 5.32 Å². The molecule has 3 rings (SSSR count). The second-order valence-electron chi connectivity index (χ2n) is 7.35. The first kappa shape index (κ1) is 24.5. The smallest absolute Gasteiger partial charge is 0.335 e. The van der Waals surface area contributed by atoms with Gasteiger partial charge in [0.15, 0.2) is 0 Å². The lowest BCUT2D eigenvalue weighted by Crippen LogP contribution is -2.28. The van der Waals surface area contributed by atoms with Gasteiger partial charge in [-0.05, 0) is 66.6 Å². The van der Waals surface area contributed by atoms with Crippen molar-refractivity contribution in [2.75, 3.05) is 19.0 Å². The van der Waals surface area contributed by atoms with E-state index >= 15 is 0 Å². The highest BCUT2D eigenvalue weighted by atomic mass is 32.2. The molecule has 9 heteroatoms. The van der Waals surface area contributed by atoms with Crippen LogP contribution in [0.3, 0.4) is 0 Å². The minimum Gasteiger partial charge on any atom is -0.497 e. The van der Waals surface area contributed by atoms with Crippen molar-refractivity contribution < 1.29 is 24.2 Å². The van der Waals surface area contributed by atoms with Gasteiger partial charge in [-0.3, -0.25) is 14.5 Å². The zero-order valence-corrected chi connectivity index (χ0v) is 19.7. The zero-order valence-electron chi connectivity index (χ0n) is 18.1. The van der Waals surface area contributed by atoms with Crippen LogP contribution in [0.5, 0.6) is 5.75 Å². The first-order chi connectivity index (χ1) is 15.9. The highest BCUT2D eigenvalue weighted by Crippen LogP contribution is 2.33. The molecule has 1 heterocycles. The standard InChI is InChI=1S/C24H24N2O5S2/c1-31-19-11-9-16(10-12-19)14-20-22(32)26(24(30)33-20)13-4-2-3-8-21(27)25-18-7-5-6-17(15-18)23(28)29/h5-7,9-12,14-15H,2-4,8,13H2,1H3,(H,25,27)(H,28,29)/b20-14-. The monoisotopic (exact) mass is 484 g/mol. The number of ether oxygens (including phenoxy) is 1. The summed E-state index contributed by atoms with van der Waals surface area (Å²) >= 11 is 6.62. The maximum absolute atomic E-state index is 12.4. The van der Waals surface area contributed by atoms with Gasteiger partial charge in [-0.1, -0.05) is 36.8 Å². The van der Waals surface area contributed by atoms with E-state index < -0.39 is 5.97 Å². The molecule has 7 nitrogen and oxygen atoms in total. The Balaban J connectivity index is 1.42. The lowest BCUT2D eigenvalue weighted by molar-refractivity contribution is -0.116. The average molecular weight is 485 g/mol. The van der Waals surface area contributed by atoms with E-state index in [1.807, 2.05) is 30.3 Å². The van der Waals surface area contributed by atoms with Gasteiger partial charge < -0.3 is 15.2 Å². The largest absolute Gasteiger partial charge is 0.497 e. The van der Waals surface area contributed by atoms with Crippen molar-refractivity contribution in [3.63, 3.8) is 0 Å². The van der Waals surface area contributed by atoms with Crippen LogP contribution in [0.15, 0.2) is 53.4 Å². The fourth-order valence-corrected chi connectivity index (χ4v) is 4.52. The predicted octanol–water partition coefficient (Wildman–Crippen LogP) is 5.43. The van der Waals surface area contributed by atoms with Crippen LogP contribution in [0, 0.1) is 0 Å². The molecule has 33 heavy (non-hydrogen) atoms. The lowest BCUT2D eigenvalue weighted by Gasteiger charge is -2.14. The lowest BCUT2D eigenvalue weighted by atomic mass is 10.1. The first-order valence-corrected chi connectivity index (χ1v) is 11.6. The number of carbonyl (C=O) groups is 3. The molecule has 2 aromatic carbocycles. The fraction of sp³-hybridized carbons (Fsp3) is 0.250. The Morgan fingerprint density at radius 2 is 1.91 bits per heavy atom. The number of nitrogens with zero attached hydrogens (tertiary/aromatic N) is 1. The van der Waals surface area contributed by atoms with Crippen molar-refractivity contribution in [3.05, 3.63) is 64.6 Å². The molecule has 0 radical (unpaired) electrons. The van der Waals surface area contributed by atoms with Gasteiger partial charge in [0.2, 0.25) is 5.91 Å². The maximum Gasteiger partial charge on any atom is 0.335 e. The predicted molar refractivity (Wildman–Crippen MR) is 134 cm³/mol. The molecule has 1 saturated heterocycles. The van der Waals surface area contributed by atoms with Crippen molar-refractivity contribution in [1.82, 2.24) is 4.90 Å². The number of thiocarbonyl (C=S) groups is 1. The third kappa shape index (κ3) is 6.90. The molecule has 2 aromatic rings. The molecule has 0 spiro atoms. The summed E-state index contributed by atoms with van der Waals surface area (Å²) in [5.41, 5.74) is 1.52. The summed E-state index contributed by atoms with van der Waals surface area (Å²) in [5.74, 6) is -0.454. The number of carboxylic acid groups (broad SMARTS) is 1. The second kappa shape index (κ2) is 11.6. The highest BCUT2D eigenvalue weighted by Gasteiger charge is 2.31. The van der Waals surface area contributed by atoms with Crippen molar-refractivity contribution in [2.45, 2.75) is 25.7 Å². The molecular weight excluding hydrogens is 460 g/mol. The van der Waals surface area contributed by atoms with Crippen molar-refractivity contribution in [2.24, 2.45) is 0 Å². The van der Waals surface area contributed by atoms with E-state index in [1.54, 1.807) is 24.1 Å². The quantitative estimate of drug-likeness (QED) is 0.264. The SMILES string of the molecule is COc1ccc(/C=C2\SC(=O)N(CCCCCC(=O)Nc3cccc(C(=O)O)c3)C2=S)cc1. The second-order valence-corrected chi connectivity index (χ2v) is 8.73. The number of methoxy groups -OCH3 is 1.